The maximum atomic E-state index is 9.60. The SMILES string of the molecule is CC1(C)c2cc(N(c3ccccc3)c3ccccc3)ccc2-c2cc3c4ccccc4c(N(c4ccccc4)c4ccc(C#N)cc4)cc3c3cccc1c23. The topological polar surface area (TPSA) is 30.3 Å². The second kappa shape index (κ2) is 12.8. The Hall–Kier alpha value is -7.15. The van der Waals surface area contributed by atoms with Gasteiger partial charge in [-0.2, -0.15) is 5.26 Å². The lowest BCUT2D eigenvalue weighted by Crippen LogP contribution is -2.24. The number of anilines is 6. The number of hydrogen-bond donors (Lipinski definition) is 0. The largest absolute Gasteiger partial charge is 0.310 e. The molecule has 10 rings (SSSR count). The Labute approximate surface area is 321 Å². The average Bonchev–Trinajstić information content (AvgIpc) is 3.24. The van der Waals surface area contributed by atoms with E-state index in [1.165, 1.54) is 54.6 Å². The molecule has 0 bridgehead atoms. The highest BCUT2D eigenvalue weighted by atomic mass is 15.1. The van der Waals surface area contributed by atoms with Crippen molar-refractivity contribution in [3.63, 3.8) is 0 Å². The van der Waals surface area contributed by atoms with Gasteiger partial charge in [-0.25, -0.2) is 0 Å². The summed E-state index contributed by atoms with van der Waals surface area (Å²) in [6.45, 7) is 4.75. The van der Waals surface area contributed by atoms with Gasteiger partial charge in [0.15, 0.2) is 0 Å². The molecule has 1 aliphatic rings. The van der Waals surface area contributed by atoms with Crippen LogP contribution in [0.25, 0.3) is 43.4 Å². The van der Waals surface area contributed by atoms with Gasteiger partial charge in [-0.1, -0.05) is 117 Å². The first kappa shape index (κ1) is 32.5. The molecule has 3 nitrogen and oxygen atoms in total. The highest BCUT2D eigenvalue weighted by Crippen LogP contribution is 2.53. The molecular weight excluding hydrogens is 667 g/mol. The van der Waals surface area contributed by atoms with Gasteiger partial charge in [0.05, 0.1) is 17.3 Å². The van der Waals surface area contributed by atoms with E-state index in [-0.39, 0.29) is 5.41 Å². The summed E-state index contributed by atoms with van der Waals surface area (Å²) in [7, 11) is 0. The fourth-order valence-electron chi connectivity index (χ4n) is 8.82. The first-order chi connectivity index (χ1) is 27.0. The van der Waals surface area contributed by atoms with Crippen molar-refractivity contribution in [3.8, 4) is 17.2 Å². The summed E-state index contributed by atoms with van der Waals surface area (Å²) >= 11 is 0. The third kappa shape index (κ3) is 5.18. The van der Waals surface area contributed by atoms with E-state index in [0.29, 0.717) is 5.56 Å². The molecule has 0 unspecified atom stereocenters. The minimum absolute atomic E-state index is 0.261. The lowest BCUT2D eigenvalue weighted by molar-refractivity contribution is 0.645. The van der Waals surface area contributed by atoms with E-state index in [1.54, 1.807) is 0 Å². The summed E-state index contributed by atoms with van der Waals surface area (Å²) in [5.74, 6) is 0. The molecule has 55 heavy (non-hydrogen) atoms. The molecule has 0 aliphatic heterocycles. The molecule has 0 N–H and O–H groups in total. The minimum atomic E-state index is -0.261. The molecule has 1 aliphatic carbocycles. The van der Waals surface area contributed by atoms with E-state index in [2.05, 4.69) is 194 Å². The van der Waals surface area contributed by atoms with Crippen LogP contribution in [-0.2, 0) is 5.41 Å². The number of rotatable bonds is 6. The van der Waals surface area contributed by atoms with Gasteiger partial charge < -0.3 is 9.80 Å². The van der Waals surface area contributed by atoms with E-state index >= 15 is 0 Å². The number of benzene rings is 9. The summed E-state index contributed by atoms with van der Waals surface area (Å²) in [5, 5.41) is 17.0. The molecule has 260 valence electrons. The normalized spacial score (nSPS) is 12.7. The number of hydrogen-bond acceptors (Lipinski definition) is 3. The van der Waals surface area contributed by atoms with Crippen LogP contribution in [0.1, 0.15) is 30.5 Å². The van der Waals surface area contributed by atoms with Crippen LogP contribution in [0.2, 0.25) is 0 Å². The van der Waals surface area contributed by atoms with Crippen molar-refractivity contribution >= 4 is 66.4 Å². The van der Waals surface area contributed by atoms with Crippen LogP contribution in [0.3, 0.4) is 0 Å². The highest BCUT2D eigenvalue weighted by Gasteiger charge is 2.35. The Bertz CT molecular complexity index is 2900. The molecule has 9 aromatic rings. The third-order valence-corrected chi connectivity index (χ3v) is 11.4. The molecule has 0 spiro atoms. The van der Waals surface area contributed by atoms with Crippen LogP contribution in [-0.4, -0.2) is 0 Å². The van der Waals surface area contributed by atoms with E-state index in [9.17, 15) is 5.26 Å². The van der Waals surface area contributed by atoms with Gasteiger partial charge in [0.25, 0.3) is 0 Å². The van der Waals surface area contributed by atoms with Crippen molar-refractivity contribution < 1.29 is 0 Å². The predicted molar refractivity (Wildman–Crippen MR) is 231 cm³/mol. The Morgan fingerprint density at radius 3 is 1.56 bits per heavy atom. The van der Waals surface area contributed by atoms with Crippen LogP contribution in [0, 0.1) is 11.3 Å². The Kier molecular flexibility index (Phi) is 7.54. The van der Waals surface area contributed by atoms with Gasteiger partial charge in [-0.15, -0.1) is 0 Å². The molecule has 0 saturated heterocycles. The fraction of sp³-hybridized carbons (Fsp3) is 0.0577. The van der Waals surface area contributed by atoms with Crippen LogP contribution in [0.4, 0.5) is 34.1 Å². The van der Waals surface area contributed by atoms with E-state index in [1.807, 2.05) is 24.3 Å². The third-order valence-electron chi connectivity index (χ3n) is 11.4. The fourth-order valence-corrected chi connectivity index (χ4v) is 8.82. The summed E-state index contributed by atoms with van der Waals surface area (Å²) in [5.41, 5.74) is 12.1. The Balaban J connectivity index is 1.24. The molecule has 0 saturated carbocycles. The van der Waals surface area contributed by atoms with Gasteiger partial charge in [0, 0.05) is 39.2 Å². The molecule has 0 radical (unpaired) electrons. The van der Waals surface area contributed by atoms with Gasteiger partial charge in [-0.3, -0.25) is 0 Å². The molecular formula is C52H37N3. The van der Waals surface area contributed by atoms with Gasteiger partial charge >= 0.3 is 0 Å². The average molecular weight is 704 g/mol. The van der Waals surface area contributed by atoms with Crippen LogP contribution >= 0.6 is 0 Å². The summed E-state index contributed by atoms with van der Waals surface area (Å²) in [6, 6.07) is 69.5. The van der Waals surface area contributed by atoms with Crippen LogP contribution in [0.5, 0.6) is 0 Å². The lowest BCUT2D eigenvalue weighted by Gasteiger charge is -2.37. The van der Waals surface area contributed by atoms with Crippen molar-refractivity contribution in [1.29, 1.82) is 5.26 Å². The molecule has 9 aromatic carbocycles. The van der Waals surface area contributed by atoms with E-state index < -0.39 is 0 Å². The Morgan fingerprint density at radius 2 is 0.927 bits per heavy atom. The van der Waals surface area contributed by atoms with Crippen molar-refractivity contribution in [2.24, 2.45) is 0 Å². The number of fused-ring (bicyclic) bond motifs is 6. The van der Waals surface area contributed by atoms with Gasteiger partial charge in [0.2, 0.25) is 0 Å². The zero-order valence-electron chi connectivity index (χ0n) is 30.7. The van der Waals surface area contributed by atoms with E-state index in [4.69, 9.17) is 0 Å². The predicted octanol–water partition coefficient (Wildman–Crippen LogP) is 14.3. The van der Waals surface area contributed by atoms with E-state index in [0.717, 1.165) is 34.1 Å². The monoisotopic (exact) mass is 703 g/mol. The second-order valence-electron chi connectivity index (χ2n) is 14.9. The maximum Gasteiger partial charge on any atom is 0.0991 e. The van der Waals surface area contributed by atoms with Gasteiger partial charge in [-0.05, 0) is 134 Å². The van der Waals surface area contributed by atoms with Crippen molar-refractivity contribution in [3.05, 3.63) is 205 Å². The quantitative estimate of drug-likeness (QED) is 0.162. The lowest BCUT2D eigenvalue weighted by atomic mass is 9.68. The minimum Gasteiger partial charge on any atom is -0.310 e. The molecule has 3 heteroatoms. The van der Waals surface area contributed by atoms with Crippen molar-refractivity contribution in [1.82, 2.24) is 0 Å². The summed E-state index contributed by atoms with van der Waals surface area (Å²) in [4.78, 5) is 4.68. The summed E-state index contributed by atoms with van der Waals surface area (Å²) in [6.07, 6.45) is 0. The number of nitrogens with zero attached hydrogens (tertiary/aromatic N) is 3. The second-order valence-corrected chi connectivity index (χ2v) is 14.9. The number of nitriles is 1. The first-order valence-electron chi connectivity index (χ1n) is 18.8. The first-order valence-corrected chi connectivity index (χ1v) is 18.8. The van der Waals surface area contributed by atoms with Crippen LogP contribution < -0.4 is 9.80 Å². The number of para-hydroxylation sites is 3. The smallest absolute Gasteiger partial charge is 0.0991 e. The maximum absolute atomic E-state index is 9.60. The molecule has 0 heterocycles. The highest BCUT2D eigenvalue weighted by molar-refractivity contribution is 6.25. The molecule has 0 fully saturated rings. The zero-order valence-corrected chi connectivity index (χ0v) is 30.7. The standard InChI is InChI=1S/C52H37N3/c1-52(2)48-24-14-23-44-46-33-50(55(38-19-10-5-11-20-38)39-27-25-35(34-53)26-28-39)43-22-13-12-21-41(43)45(46)32-47(51(44)48)42-30-29-40(31-49(42)52)54(36-15-6-3-7-16-36)37-17-8-4-9-18-37/h3-33H,1-2H3. The van der Waals surface area contributed by atoms with Crippen LogP contribution in [0.15, 0.2) is 188 Å². The van der Waals surface area contributed by atoms with Gasteiger partial charge in [0.1, 0.15) is 0 Å². The van der Waals surface area contributed by atoms with Crippen molar-refractivity contribution in [2.75, 3.05) is 9.80 Å². The zero-order chi connectivity index (χ0) is 37.1. The molecule has 0 atom stereocenters. The van der Waals surface area contributed by atoms with Crippen molar-refractivity contribution in [2.45, 2.75) is 19.3 Å². The molecule has 0 amide bonds. The molecule has 0 aromatic heterocycles. The Morgan fingerprint density at radius 1 is 0.400 bits per heavy atom. The summed E-state index contributed by atoms with van der Waals surface area (Å²) < 4.78 is 0.